The van der Waals surface area contributed by atoms with Crippen LogP contribution in [0, 0.1) is 10.5 Å². The van der Waals surface area contributed by atoms with Gasteiger partial charge in [0.15, 0.2) is 4.34 Å². The number of thioether (sulfide) groups is 1. The first-order valence-electron chi connectivity index (χ1n) is 7.90. The molecular formula is C18H15IN4O2S2. The maximum absolute atomic E-state index is 12.3. The number of benzene rings is 2. The van der Waals surface area contributed by atoms with Crippen molar-refractivity contribution in [1.82, 2.24) is 10.2 Å². The molecule has 0 spiro atoms. The molecule has 0 unspecified atom stereocenters. The molecule has 3 aromatic rings. The molecule has 0 bridgehead atoms. The summed E-state index contributed by atoms with van der Waals surface area (Å²) in [5.41, 5.74) is 2.43. The highest BCUT2D eigenvalue weighted by Crippen LogP contribution is 2.26. The van der Waals surface area contributed by atoms with Crippen molar-refractivity contribution in [3.63, 3.8) is 0 Å². The van der Waals surface area contributed by atoms with Crippen molar-refractivity contribution in [2.75, 3.05) is 16.4 Å². The third kappa shape index (κ3) is 5.75. The van der Waals surface area contributed by atoms with Gasteiger partial charge in [-0.25, -0.2) is 0 Å². The fraction of sp³-hybridized carbons (Fsp3) is 0.111. The summed E-state index contributed by atoms with van der Waals surface area (Å²) in [4.78, 5) is 24.4. The highest BCUT2D eigenvalue weighted by atomic mass is 127. The lowest BCUT2D eigenvalue weighted by atomic mass is 10.2. The molecule has 2 aromatic carbocycles. The molecule has 0 radical (unpaired) electrons. The van der Waals surface area contributed by atoms with Gasteiger partial charge in [0, 0.05) is 9.26 Å². The summed E-state index contributed by atoms with van der Waals surface area (Å²) >= 11 is 4.63. The molecule has 27 heavy (non-hydrogen) atoms. The average Bonchev–Trinajstić information content (AvgIpc) is 3.08. The van der Waals surface area contributed by atoms with Gasteiger partial charge in [-0.15, -0.1) is 10.2 Å². The van der Waals surface area contributed by atoms with E-state index in [9.17, 15) is 9.59 Å². The summed E-state index contributed by atoms with van der Waals surface area (Å²) in [5.74, 6) is -0.136. The molecular weight excluding hydrogens is 495 g/mol. The van der Waals surface area contributed by atoms with Crippen LogP contribution in [0.2, 0.25) is 0 Å². The summed E-state index contributed by atoms with van der Waals surface area (Å²) in [5, 5.41) is 14.0. The van der Waals surface area contributed by atoms with Crippen LogP contribution in [-0.2, 0) is 4.79 Å². The van der Waals surface area contributed by atoms with Crippen LogP contribution in [0.4, 0.5) is 10.8 Å². The van der Waals surface area contributed by atoms with Crippen LogP contribution in [0.1, 0.15) is 15.9 Å². The first-order chi connectivity index (χ1) is 13.0. The maximum atomic E-state index is 12.3. The Balaban J connectivity index is 1.53. The van der Waals surface area contributed by atoms with Gasteiger partial charge < -0.3 is 5.32 Å². The second-order valence-corrected chi connectivity index (χ2v) is 8.88. The molecule has 0 saturated carbocycles. The molecule has 2 amide bonds. The van der Waals surface area contributed by atoms with E-state index >= 15 is 0 Å². The fourth-order valence-corrected chi connectivity index (χ4v) is 4.35. The van der Waals surface area contributed by atoms with Crippen molar-refractivity contribution in [2.45, 2.75) is 11.3 Å². The molecule has 2 N–H and O–H groups in total. The Morgan fingerprint density at radius 3 is 2.70 bits per heavy atom. The minimum atomic E-state index is -0.232. The zero-order valence-electron chi connectivity index (χ0n) is 14.2. The normalized spacial score (nSPS) is 10.4. The number of nitrogens with zero attached hydrogens (tertiary/aromatic N) is 2. The van der Waals surface area contributed by atoms with Crippen LogP contribution in [0.5, 0.6) is 0 Å². The molecule has 3 rings (SSSR count). The fourth-order valence-electron chi connectivity index (χ4n) is 2.18. The highest BCUT2D eigenvalue weighted by molar-refractivity contribution is 14.1. The van der Waals surface area contributed by atoms with Crippen LogP contribution >= 0.6 is 45.7 Å². The molecule has 0 atom stereocenters. The van der Waals surface area contributed by atoms with Gasteiger partial charge in [0.2, 0.25) is 11.0 Å². The largest absolute Gasteiger partial charge is 0.325 e. The number of carbonyl (C=O) groups is 2. The van der Waals surface area contributed by atoms with Crippen molar-refractivity contribution in [3.05, 3.63) is 63.2 Å². The minimum absolute atomic E-state index is 0.120. The van der Waals surface area contributed by atoms with Gasteiger partial charge in [-0.2, -0.15) is 0 Å². The van der Waals surface area contributed by atoms with Crippen LogP contribution < -0.4 is 10.6 Å². The number of aromatic nitrogens is 2. The zero-order valence-corrected chi connectivity index (χ0v) is 18.0. The predicted molar refractivity (Wildman–Crippen MR) is 118 cm³/mol. The Labute approximate surface area is 178 Å². The topological polar surface area (TPSA) is 84.0 Å². The number of hydrogen-bond acceptors (Lipinski definition) is 6. The number of carbonyl (C=O) groups excluding carboxylic acids is 2. The number of rotatable bonds is 6. The van der Waals surface area contributed by atoms with Gasteiger partial charge in [0.25, 0.3) is 5.91 Å². The number of anilines is 2. The maximum Gasteiger partial charge on any atom is 0.258 e. The van der Waals surface area contributed by atoms with Crippen molar-refractivity contribution in [2.24, 2.45) is 0 Å². The van der Waals surface area contributed by atoms with Gasteiger partial charge >= 0.3 is 0 Å². The summed E-state index contributed by atoms with van der Waals surface area (Å²) in [6.45, 7) is 1.97. The predicted octanol–water partition coefficient (Wildman–Crippen LogP) is 4.43. The Hall–Kier alpha value is -1.98. The van der Waals surface area contributed by atoms with E-state index in [1.54, 1.807) is 6.07 Å². The molecule has 0 fully saturated rings. The van der Waals surface area contributed by atoms with Crippen molar-refractivity contribution >= 4 is 68.3 Å². The molecule has 138 valence electrons. The summed E-state index contributed by atoms with van der Waals surface area (Å²) < 4.78 is 1.48. The van der Waals surface area contributed by atoms with E-state index in [-0.39, 0.29) is 17.6 Å². The van der Waals surface area contributed by atoms with Crippen molar-refractivity contribution in [3.8, 4) is 0 Å². The lowest BCUT2D eigenvalue weighted by Gasteiger charge is -2.04. The van der Waals surface area contributed by atoms with E-state index in [4.69, 9.17) is 0 Å². The highest BCUT2D eigenvalue weighted by Gasteiger charge is 2.13. The molecule has 0 aliphatic rings. The number of hydrogen-bond donors (Lipinski definition) is 2. The lowest BCUT2D eigenvalue weighted by molar-refractivity contribution is -0.113. The number of amides is 2. The standard InChI is InChI=1S/C18H15IN4O2S2/c1-11-5-4-6-12(9-11)20-15(24)10-26-18-23-22-17(27-18)21-16(25)13-7-2-3-8-14(13)19/h2-9H,10H2,1H3,(H,20,24)(H,21,22,25). The molecule has 0 saturated heterocycles. The average molecular weight is 510 g/mol. The van der Waals surface area contributed by atoms with E-state index in [0.717, 1.165) is 14.8 Å². The summed E-state index contributed by atoms with van der Waals surface area (Å²) in [6, 6.07) is 14.9. The molecule has 6 nitrogen and oxygen atoms in total. The zero-order chi connectivity index (χ0) is 19.2. The third-order valence-corrected chi connectivity index (χ3v) is 6.29. The van der Waals surface area contributed by atoms with Gasteiger partial charge in [-0.3, -0.25) is 14.9 Å². The van der Waals surface area contributed by atoms with Crippen LogP contribution in [0.25, 0.3) is 0 Å². The SMILES string of the molecule is Cc1cccc(NC(=O)CSc2nnc(NC(=O)c3ccccc3I)s2)c1. The molecule has 9 heteroatoms. The van der Waals surface area contributed by atoms with E-state index in [2.05, 4.69) is 43.4 Å². The number of aryl methyl sites for hydroxylation is 1. The van der Waals surface area contributed by atoms with Crippen molar-refractivity contribution < 1.29 is 9.59 Å². The first-order valence-corrected chi connectivity index (χ1v) is 10.8. The molecule has 0 aliphatic carbocycles. The van der Waals surface area contributed by atoms with Crippen LogP contribution in [0.3, 0.4) is 0 Å². The lowest BCUT2D eigenvalue weighted by Crippen LogP contribution is -2.13. The number of nitrogens with one attached hydrogen (secondary N) is 2. The van der Waals surface area contributed by atoms with Gasteiger partial charge in [-0.05, 0) is 59.3 Å². The third-order valence-electron chi connectivity index (χ3n) is 3.37. The van der Waals surface area contributed by atoms with E-state index in [1.165, 1.54) is 23.1 Å². The Kier molecular flexibility index (Phi) is 6.80. The summed E-state index contributed by atoms with van der Waals surface area (Å²) in [7, 11) is 0. The second kappa shape index (κ2) is 9.29. The van der Waals surface area contributed by atoms with Crippen LogP contribution in [-0.4, -0.2) is 27.8 Å². The quantitative estimate of drug-likeness (QED) is 0.291. The van der Waals surface area contributed by atoms with E-state index in [1.807, 2.05) is 49.4 Å². The van der Waals surface area contributed by atoms with E-state index < -0.39 is 0 Å². The molecule has 1 aromatic heterocycles. The van der Waals surface area contributed by atoms with Crippen molar-refractivity contribution in [1.29, 1.82) is 0 Å². The van der Waals surface area contributed by atoms with Crippen LogP contribution in [0.15, 0.2) is 52.9 Å². The Bertz CT molecular complexity index is 977. The van der Waals surface area contributed by atoms with Gasteiger partial charge in [0.1, 0.15) is 0 Å². The Morgan fingerprint density at radius 2 is 1.93 bits per heavy atom. The second-order valence-electron chi connectivity index (χ2n) is 5.51. The minimum Gasteiger partial charge on any atom is -0.325 e. The van der Waals surface area contributed by atoms with Gasteiger partial charge in [-0.1, -0.05) is 47.4 Å². The Morgan fingerprint density at radius 1 is 1.11 bits per heavy atom. The first kappa shape index (κ1) is 19.8. The van der Waals surface area contributed by atoms with Gasteiger partial charge in [0.05, 0.1) is 11.3 Å². The molecule has 1 heterocycles. The monoisotopic (exact) mass is 510 g/mol. The smallest absolute Gasteiger partial charge is 0.258 e. The molecule has 0 aliphatic heterocycles. The summed E-state index contributed by atoms with van der Waals surface area (Å²) in [6.07, 6.45) is 0. The number of halogens is 1. The van der Waals surface area contributed by atoms with E-state index in [0.29, 0.717) is 15.0 Å².